The maximum Gasteiger partial charge on any atom is 0.328 e. The van der Waals surface area contributed by atoms with Crippen LogP contribution in [0.3, 0.4) is 0 Å². The van der Waals surface area contributed by atoms with Crippen molar-refractivity contribution < 1.29 is 29.0 Å². The molecule has 38 heavy (non-hydrogen) atoms. The number of carboxylic acids is 2. The van der Waals surface area contributed by atoms with Gasteiger partial charge in [-0.05, 0) is 38.1 Å². The quantitative estimate of drug-likeness (QED) is 0.370. The Labute approximate surface area is 218 Å². The van der Waals surface area contributed by atoms with Crippen LogP contribution in [0.1, 0.15) is 24.2 Å². The third-order valence-electron chi connectivity index (χ3n) is 5.91. The smallest absolute Gasteiger partial charge is 0.328 e. The highest BCUT2D eigenvalue weighted by atomic mass is 19.1. The van der Waals surface area contributed by atoms with Crippen molar-refractivity contribution in [2.45, 2.75) is 26.4 Å². The van der Waals surface area contributed by atoms with Crippen LogP contribution in [0.4, 0.5) is 10.2 Å². The number of fused-ring (bicyclic) bond motifs is 1. The van der Waals surface area contributed by atoms with Gasteiger partial charge in [0.15, 0.2) is 5.65 Å². The van der Waals surface area contributed by atoms with E-state index >= 15 is 0 Å². The second-order valence-corrected chi connectivity index (χ2v) is 8.77. The van der Waals surface area contributed by atoms with Crippen molar-refractivity contribution in [3.8, 4) is 0 Å². The Kier molecular flexibility index (Phi) is 9.96. The van der Waals surface area contributed by atoms with E-state index in [1.165, 1.54) is 30.6 Å². The van der Waals surface area contributed by atoms with Gasteiger partial charge in [0.2, 0.25) is 0 Å². The van der Waals surface area contributed by atoms with Crippen LogP contribution in [0.25, 0.3) is 11.0 Å². The van der Waals surface area contributed by atoms with E-state index in [0.717, 1.165) is 32.7 Å². The van der Waals surface area contributed by atoms with Gasteiger partial charge in [0.1, 0.15) is 18.0 Å². The molecule has 4 rings (SSSR count). The van der Waals surface area contributed by atoms with Crippen LogP contribution in [-0.4, -0.2) is 96.4 Å². The van der Waals surface area contributed by atoms with Crippen molar-refractivity contribution in [1.29, 1.82) is 0 Å². The Morgan fingerprint density at radius 2 is 1.63 bits per heavy atom. The lowest BCUT2D eigenvalue weighted by molar-refractivity contribution is -0.134. The lowest BCUT2D eigenvalue weighted by Crippen LogP contribution is -2.49. The lowest BCUT2D eigenvalue weighted by Gasteiger charge is -2.36. The fraction of sp³-hybridized carbons (Fsp3) is 0.360. The number of anilines is 1. The van der Waals surface area contributed by atoms with Gasteiger partial charge in [0.25, 0.3) is 5.91 Å². The van der Waals surface area contributed by atoms with Gasteiger partial charge in [-0.25, -0.2) is 28.6 Å². The summed E-state index contributed by atoms with van der Waals surface area (Å²) in [6.45, 7) is 10.3. The first-order valence-electron chi connectivity index (χ1n) is 12.0. The van der Waals surface area contributed by atoms with Crippen LogP contribution in [0.2, 0.25) is 0 Å². The number of aliphatic carboxylic acids is 2. The molecule has 1 fully saturated rings. The molecule has 0 bridgehead atoms. The summed E-state index contributed by atoms with van der Waals surface area (Å²) >= 11 is 0. The molecule has 1 aromatic carbocycles. The van der Waals surface area contributed by atoms with Crippen molar-refractivity contribution in [3.63, 3.8) is 0 Å². The van der Waals surface area contributed by atoms with E-state index in [1.54, 1.807) is 6.20 Å². The van der Waals surface area contributed by atoms with Crippen molar-refractivity contribution in [1.82, 2.24) is 29.5 Å². The third kappa shape index (κ3) is 8.15. The average Bonchev–Trinajstić information content (AvgIpc) is 3.31. The van der Waals surface area contributed by atoms with E-state index in [1.807, 2.05) is 4.68 Å². The maximum absolute atomic E-state index is 13.1. The second kappa shape index (κ2) is 13.4. The zero-order chi connectivity index (χ0) is 27.7. The van der Waals surface area contributed by atoms with Crippen molar-refractivity contribution >= 4 is 34.7 Å². The molecule has 12 nitrogen and oxygen atoms in total. The molecule has 0 atom stereocenters. The van der Waals surface area contributed by atoms with Gasteiger partial charge >= 0.3 is 11.9 Å². The van der Waals surface area contributed by atoms with Crippen LogP contribution in [0.5, 0.6) is 0 Å². The SMILES string of the molecule is CC(C)N1CCN(CCn2ncc3c(NC(=O)c4ccc(F)cc4)ncnc32)CC1.O=C(O)/C=C\C(=O)O. The Balaban J connectivity index is 0.000000436. The summed E-state index contributed by atoms with van der Waals surface area (Å²) in [4.78, 5) is 45.0. The summed E-state index contributed by atoms with van der Waals surface area (Å²) in [5.74, 6) is -2.86. The summed E-state index contributed by atoms with van der Waals surface area (Å²) in [5.41, 5.74) is 1.04. The standard InChI is InChI=1S/C21H26FN7O.C4H4O4/c1-15(2)28-10-7-27(8-11-28)9-12-29-20-18(13-25-29)19(23-14-24-20)26-21(30)16-3-5-17(22)6-4-16;5-3(6)1-2-4(7)8/h3-6,13-15H,7-12H2,1-2H3,(H,23,24,26,30);1-2H,(H,5,6)(H,7,8)/b;2-1-. The normalized spacial score (nSPS) is 14.4. The van der Waals surface area contributed by atoms with Crippen molar-refractivity contribution in [2.75, 3.05) is 38.0 Å². The Morgan fingerprint density at radius 1 is 1.00 bits per heavy atom. The highest BCUT2D eigenvalue weighted by Crippen LogP contribution is 2.19. The highest BCUT2D eigenvalue weighted by Gasteiger charge is 2.19. The fourth-order valence-corrected chi connectivity index (χ4v) is 3.82. The van der Waals surface area contributed by atoms with Crippen LogP contribution in [0.15, 0.2) is 48.9 Å². The molecule has 202 valence electrons. The molecule has 0 unspecified atom stereocenters. The summed E-state index contributed by atoms with van der Waals surface area (Å²) < 4.78 is 14.9. The van der Waals surface area contributed by atoms with Gasteiger partial charge in [-0.3, -0.25) is 14.6 Å². The van der Waals surface area contributed by atoms with Gasteiger partial charge < -0.3 is 15.5 Å². The molecule has 2 aromatic heterocycles. The first kappa shape index (κ1) is 28.3. The minimum absolute atomic E-state index is 0.356. The van der Waals surface area contributed by atoms with E-state index in [0.29, 0.717) is 47.2 Å². The molecule has 1 aliphatic rings. The van der Waals surface area contributed by atoms with Crippen LogP contribution >= 0.6 is 0 Å². The molecular formula is C25H30FN7O5. The third-order valence-corrected chi connectivity index (χ3v) is 5.91. The number of nitrogens with zero attached hydrogens (tertiary/aromatic N) is 6. The van der Waals surface area contributed by atoms with E-state index in [9.17, 15) is 18.8 Å². The molecule has 0 spiro atoms. The number of rotatable bonds is 8. The Bertz CT molecular complexity index is 1270. The first-order chi connectivity index (χ1) is 18.1. The van der Waals surface area contributed by atoms with Crippen molar-refractivity contribution in [3.05, 3.63) is 60.3 Å². The Morgan fingerprint density at radius 3 is 2.21 bits per heavy atom. The number of carboxylic acid groups (broad SMARTS) is 2. The number of piperazine rings is 1. The number of nitrogens with one attached hydrogen (secondary N) is 1. The average molecular weight is 528 g/mol. The minimum Gasteiger partial charge on any atom is -0.478 e. The summed E-state index contributed by atoms with van der Waals surface area (Å²) in [7, 11) is 0. The number of aromatic nitrogens is 4. The minimum atomic E-state index is -1.26. The summed E-state index contributed by atoms with van der Waals surface area (Å²) in [6, 6.07) is 5.96. The zero-order valence-electron chi connectivity index (χ0n) is 21.1. The van der Waals surface area contributed by atoms with E-state index < -0.39 is 11.9 Å². The Hall–Kier alpha value is -4.23. The number of amides is 1. The maximum atomic E-state index is 13.1. The molecule has 1 aliphatic heterocycles. The van der Waals surface area contributed by atoms with Gasteiger partial charge in [-0.15, -0.1) is 0 Å². The molecule has 0 aliphatic carbocycles. The van der Waals surface area contributed by atoms with Gasteiger partial charge in [-0.2, -0.15) is 5.10 Å². The zero-order valence-corrected chi connectivity index (χ0v) is 21.1. The molecule has 0 saturated carbocycles. The fourth-order valence-electron chi connectivity index (χ4n) is 3.82. The lowest BCUT2D eigenvalue weighted by atomic mass is 10.2. The largest absolute Gasteiger partial charge is 0.478 e. The van der Waals surface area contributed by atoms with E-state index in [4.69, 9.17) is 10.2 Å². The molecule has 1 saturated heterocycles. The molecule has 1 amide bonds. The summed E-state index contributed by atoms with van der Waals surface area (Å²) in [6.07, 6.45) is 4.21. The molecule has 13 heteroatoms. The number of benzene rings is 1. The number of hydrogen-bond donors (Lipinski definition) is 3. The summed E-state index contributed by atoms with van der Waals surface area (Å²) in [5, 5.41) is 23.5. The van der Waals surface area contributed by atoms with Crippen molar-refractivity contribution in [2.24, 2.45) is 0 Å². The van der Waals surface area contributed by atoms with Gasteiger partial charge in [-0.1, -0.05) is 0 Å². The number of hydrogen-bond acceptors (Lipinski definition) is 8. The van der Waals surface area contributed by atoms with E-state index in [-0.39, 0.29) is 11.7 Å². The number of carbonyl (C=O) groups excluding carboxylic acids is 1. The first-order valence-corrected chi connectivity index (χ1v) is 12.0. The molecule has 3 aromatic rings. The van der Waals surface area contributed by atoms with Gasteiger partial charge in [0.05, 0.1) is 18.1 Å². The topological polar surface area (TPSA) is 154 Å². The predicted molar refractivity (Wildman–Crippen MR) is 137 cm³/mol. The molecule has 0 radical (unpaired) electrons. The van der Waals surface area contributed by atoms with Gasteiger partial charge in [0, 0.05) is 56.5 Å². The number of halogens is 1. The second-order valence-electron chi connectivity index (χ2n) is 8.77. The van der Waals surface area contributed by atoms with E-state index in [2.05, 4.69) is 44.0 Å². The van der Waals surface area contributed by atoms with Crippen LogP contribution in [0, 0.1) is 5.82 Å². The monoisotopic (exact) mass is 527 g/mol. The molecule has 3 N–H and O–H groups in total. The molecular weight excluding hydrogens is 497 g/mol. The van der Waals surface area contributed by atoms with Crippen LogP contribution in [-0.2, 0) is 16.1 Å². The number of carbonyl (C=O) groups is 3. The van der Waals surface area contributed by atoms with Crippen LogP contribution < -0.4 is 5.32 Å². The predicted octanol–water partition coefficient (Wildman–Crippen LogP) is 1.96. The molecule has 3 heterocycles. The highest BCUT2D eigenvalue weighted by molar-refractivity contribution is 6.07.